The number of pyridine rings is 4. The summed E-state index contributed by atoms with van der Waals surface area (Å²) < 4.78 is 0. The Morgan fingerprint density at radius 1 is 0.296 bits per heavy atom. The van der Waals surface area contributed by atoms with Crippen LogP contribution in [0.5, 0.6) is 0 Å². The van der Waals surface area contributed by atoms with Crippen LogP contribution in [0.25, 0.3) is 43.6 Å². The number of hydrogen-bond acceptors (Lipinski definition) is 12. The number of carboxylic acids is 4. The van der Waals surface area contributed by atoms with Gasteiger partial charge in [0.05, 0.1) is 45.9 Å². The first-order valence-corrected chi connectivity index (χ1v) is 21.0. The fourth-order valence-corrected chi connectivity index (χ4v) is 6.12. The molecule has 0 saturated heterocycles. The van der Waals surface area contributed by atoms with Gasteiger partial charge >= 0.3 is 33.0 Å². The second-order valence-corrected chi connectivity index (χ2v) is 15.0. The summed E-state index contributed by atoms with van der Waals surface area (Å²) in [6, 6.07) is 50.5. The molecular weight excluding hydrogens is 990 g/mol. The number of fused-ring (bicyclic) bond motifs is 6. The maximum atomic E-state index is 10.2. The first-order chi connectivity index (χ1) is 32.7. The van der Waals surface area contributed by atoms with Crippen LogP contribution < -0.4 is 20.4 Å². The van der Waals surface area contributed by atoms with Crippen LogP contribution in [0.4, 0.5) is 0 Å². The van der Waals surface area contributed by atoms with Gasteiger partial charge in [-0.3, -0.25) is 19.9 Å². The van der Waals surface area contributed by atoms with E-state index in [1.165, 1.54) is 48.5 Å². The Morgan fingerprint density at radius 2 is 0.465 bits per heavy atom. The summed E-state index contributed by atoms with van der Waals surface area (Å²) in [6.45, 7) is 7.61. The van der Waals surface area contributed by atoms with Crippen LogP contribution in [0.15, 0.2) is 195 Å². The summed E-state index contributed by atoms with van der Waals surface area (Å²) in [4.78, 5) is 58.2. The molecule has 0 saturated carbocycles. The standard InChI is InChI=1S/2C12H8N2.4C8H8O2.2Ni.H2O/c2*1-3-9-5-6-10-4-2-8-14-12(10)11(9)13-7-1;4*1-6-2-4-7(5-3-6)8(9)10;;;/h2*1-8H;4*2-5H,1H3,(H,9,10);;;1H2/q;;;;;;2*+2;/p-4. The molecule has 0 spiro atoms. The molecule has 71 heavy (non-hydrogen) atoms. The molecule has 364 valence electrons. The van der Waals surface area contributed by atoms with Crippen LogP contribution in [0.2, 0.25) is 0 Å². The Labute approximate surface area is 430 Å². The second-order valence-electron chi connectivity index (χ2n) is 15.0. The predicted octanol–water partition coefficient (Wildman–Crippen LogP) is 6.17. The third kappa shape index (κ3) is 18.3. The molecule has 10 rings (SSSR count). The van der Waals surface area contributed by atoms with Crippen molar-refractivity contribution in [2.24, 2.45) is 0 Å². The van der Waals surface area contributed by atoms with E-state index in [0.29, 0.717) is 0 Å². The van der Waals surface area contributed by atoms with Crippen LogP contribution in [-0.4, -0.2) is 49.3 Å². The molecule has 2 N–H and O–H groups in total. The summed E-state index contributed by atoms with van der Waals surface area (Å²) in [6.07, 6.45) is 7.21. The normalized spacial score (nSPS) is 9.52. The zero-order valence-electron chi connectivity index (χ0n) is 38.7. The van der Waals surface area contributed by atoms with Gasteiger partial charge in [0.15, 0.2) is 0 Å². The van der Waals surface area contributed by atoms with Crippen LogP contribution in [0.1, 0.15) is 63.7 Å². The minimum absolute atomic E-state index is 0. The van der Waals surface area contributed by atoms with Gasteiger partial charge in [0.2, 0.25) is 0 Å². The average molecular weight is 1040 g/mol. The predicted molar refractivity (Wildman–Crippen MR) is 260 cm³/mol. The van der Waals surface area contributed by atoms with Gasteiger partial charge < -0.3 is 45.1 Å². The number of nitrogens with zero attached hydrogens (tertiary/aromatic N) is 4. The van der Waals surface area contributed by atoms with Crippen molar-refractivity contribution in [2.75, 3.05) is 0 Å². The molecule has 4 heterocycles. The van der Waals surface area contributed by atoms with E-state index in [9.17, 15) is 39.6 Å². The van der Waals surface area contributed by atoms with Gasteiger partial charge in [-0.2, -0.15) is 0 Å². The third-order valence-corrected chi connectivity index (χ3v) is 9.84. The van der Waals surface area contributed by atoms with Gasteiger partial charge in [0.25, 0.3) is 0 Å². The molecule has 0 atom stereocenters. The van der Waals surface area contributed by atoms with E-state index in [0.717, 1.165) is 65.9 Å². The summed E-state index contributed by atoms with van der Waals surface area (Å²) >= 11 is 0. The Morgan fingerprint density at radius 3 is 0.620 bits per heavy atom. The van der Waals surface area contributed by atoms with Crippen molar-refractivity contribution >= 4 is 67.5 Å². The molecule has 15 heteroatoms. The Kier molecular flexibility index (Phi) is 24.6. The molecule has 0 fully saturated rings. The van der Waals surface area contributed by atoms with Gasteiger partial charge in [-0.1, -0.05) is 168 Å². The Balaban J connectivity index is 0.000000292. The quantitative estimate of drug-likeness (QED) is 0.142. The largest absolute Gasteiger partial charge is 2.00 e. The number of carbonyl (C=O) groups excluding carboxylic acids is 4. The van der Waals surface area contributed by atoms with E-state index in [4.69, 9.17) is 0 Å². The van der Waals surface area contributed by atoms with E-state index in [1.807, 2.05) is 52.0 Å². The molecule has 0 aliphatic rings. The molecule has 6 aromatic carbocycles. The van der Waals surface area contributed by atoms with Gasteiger partial charge in [-0.25, -0.2) is 0 Å². The minimum Gasteiger partial charge on any atom is -0.545 e. The van der Waals surface area contributed by atoms with Crippen molar-refractivity contribution in [3.05, 3.63) is 239 Å². The number of hydrogen-bond donors (Lipinski definition) is 0. The summed E-state index contributed by atoms with van der Waals surface area (Å²) in [5.74, 6) is -4.50. The maximum absolute atomic E-state index is 10.2. The fraction of sp³-hybridized carbons (Fsp3) is 0.0714. The first kappa shape index (κ1) is 58.9. The van der Waals surface area contributed by atoms with Gasteiger partial charge in [-0.15, -0.1) is 0 Å². The fourth-order valence-electron chi connectivity index (χ4n) is 6.12. The number of benzene rings is 6. The third-order valence-electron chi connectivity index (χ3n) is 9.84. The molecule has 13 nitrogen and oxygen atoms in total. The number of aromatic nitrogens is 4. The molecule has 0 bridgehead atoms. The molecular formula is C56H46N4Ni2O9. The SMILES string of the molecule is Cc1ccc(C(=O)[O-])cc1.Cc1ccc(C(=O)[O-])cc1.Cc1ccc(C(=O)[O-])cc1.Cc1ccc(C(=O)[O-])cc1.O.[Ni+2].[Ni+2].c1cnc2c(c1)ccc1cccnc12.c1cnc2c(c1)ccc1cccnc12. The molecule has 0 amide bonds. The summed E-state index contributed by atoms with van der Waals surface area (Å²) in [5.41, 5.74) is 9.00. The topological polar surface area (TPSA) is 244 Å². The van der Waals surface area contributed by atoms with Crippen molar-refractivity contribution in [1.29, 1.82) is 0 Å². The number of rotatable bonds is 4. The monoisotopic (exact) mass is 1030 g/mol. The van der Waals surface area contributed by atoms with Crippen LogP contribution in [0, 0.1) is 27.7 Å². The number of aromatic carboxylic acids is 4. The van der Waals surface area contributed by atoms with E-state index < -0.39 is 23.9 Å². The molecule has 0 aliphatic carbocycles. The maximum Gasteiger partial charge on any atom is 2.00 e. The van der Waals surface area contributed by atoms with E-state index >= 15 is 0 Å². The van der Waals surface area contributed by atoms with Crippen LogP contribution in [-0.2, 0) is 33.0 Å². The van der Waals surface area contributed by atoms with Gasteiger partial charge in [0.1, 0.15) is 0 Å². The van der Waals surface area contributed by atoms with E-state index in [1.54, 1.807) is 73.3 Å². The first-order valence-electron chi connectivity index (χ1n) is 21.0. The molecule has 0 aliphatic heterocycles. The Bertz CT molecular complexity index is 2840. The molecule has 0 unspecified atom stereocenters. The zero-order chi connectivity index (χ0) is 49.0. The van der Waals surface area contributed by atoms with Crippen LogP contribution in [0.3, 0.4) is 0 Å². The summed E-state index contributed by atoms with van der Waals surface area (Å²) in [5, 5.41) is 45.4. The van der Waals surface area contributed by atoms with Crippen molar-refractivity contribution < 1.29 is 78.1 Å². The summed E-state index contributed by atoms with van der Waals surface area (Å²) in [7, 11) is 0. The molecule has 0 radical (unpaired) electrons. The van der Waals surface area contributed by atoms with Crippen molar-refractivity contribution in [3.8, 4) is 0 Å². The van der Waals surface area contributed by atoms with E-state index in [2.05, 4.69) is 68.5 Å². The molecule has 4 aromatic heterocycles. The van der Waals surface area contributed by atoms with Crippen molar-refractivity contribution in [2.45, 2.75) is 27.7 Å². The number of carbonyl (C=O) groups is 4. The number of aryl methyl sites for hydroxylation is 4. The zero-order valence-corrected chi connectivity index (χ0v) is 40.6. The number of carboxylic acid groups (broad SMARTS) is 4. The van der Waals surface area contributed by atoms with Gasteiger partial charge in [0, 0.05) is 46.3 Å². The van der Waals surface area contributed by atoms with Crippen molar-refractivity contribution in [1.82, 2.24) is 19.9 Å². The van der Waals surface area contributed by atoms with Gasteiger partial charge in [-0.05, 0) is 74.2 Å². The van der Waals surface area contributed by atoms with Crippen LogP contribution >= 0.6 is 0 Å². The molecule has 10 aromatic rings. The van der Waals surface area contributed by atoms with E-state index in [-0.39, 0.29) is 60.7 Å². The Hall–Kier alpha value is -8.21. The second kappa shape index (κ2) is 29.6. The minimum atomic E-state index is -1.12. The smallest absolute Gasteiger partial charge is 0.545 e. The van der Waals surface area contributed by atoms with Crippen molar-refractivity contribution in [3.63, 3.8) is 0 Å². The average Bonchev–Trinajstić information content (AvgIpc) is 3.35.